The highest BCUT2D eigenvalue weighted by Gasteiger charge is 2.24. The molecular weight excluding hydrogens is 360 g/mol. The maximum Gasteiger partial charge on any atom is 0.305 e. The molecule has 28 heavy (non-hydrogen) atoms. The second kappa shape index (κ2) is 14.6. The Kier molecular flexibility index (Phi) is 11.9. The lowest BCUT2D eigenvalue weighted by molar-refractivity contribution is -0.145. The van der Waals surface area contributed by atoms with E-state index in [9.17, 15) is 9.59 Å². The van der Waals surface area contributed by atoms with Crippen molar-refractivity contribution >= 4 is 11.9 Å². The van der Waals surface area contributed by atoms with Crippen molar-refractivity contribution in [3.63, 3.8) is 0 Å². The van der Waals surface area contributed by atoms with Crippen LogP contribution in [-0.2, 0) is 28.5 Å². The van der Waals surface area contributed by atoms with Gasteiger partial charge in [0.2, 0.25) is 0 Å². The van der Waals surface area contributed by atoms with Crippen LogP contribution in [0.4, 0.5) is 0 Å². The smallest absolute Gasteiger partial charge is 0.305 e. The van der Waals surface area contributed by atoms with Crippen LogP contribution in [-0.4, -0.2) is 50.6 Å². The van der Waals surface area contributed by atoms with Crippen molar-refractivity contribution in [1.82, 2.24) is 0 Å². The van der Waals surface area contributed by atoms with E-state index in [4.69, 9.17) is 18.9 Å². The summed E-state index contributed by atoms with van der Waals surface area (Å²) in [4.78, 5) is 22.9. The molecule has 0 aromatic rings. The first-order chi connectivity index (χ1) is 13.7. The Hall–Kier alpha value is -1.40. The van der Waals surface area contributed by atoms with Gasteiger partial charge in [-0.25, -0.2) is 0 Å². The molecule has 2 rings (SSSR count). The molecule has 2 heterocycles. The number of epoxide rings is 2. The number of carbonyl (C=O) groups excluding carboxylic acids is 2. The Morgan fingerprint density at radius 1 is 0.679 bits per heavy atom. The van der Waals surface area contributed by atoms with Crippen molar-refractivity contribution in [2.45, 2.75) is 89.3 Å². The number of rotatable bonds is 18. The van der Waals surface area contributed by atoms with E-state index in [1.807, 2.05) is 0 Å². The number of ether oxygens (including phenoxy) is 4. The molecule has 0 amide bonds. The summed E-state index contributed by atoms with van der Waals surface area (Å²) < 4.78 is 20.2. The zero-order valence-electron chi connectivity index (χ0n) is 17.1. The van der Waals surface area contributed by atoms with E-state index in [0.717, 1.165) is 64.6 Å². The minimum absolute atomic E-state index is 0.0971. The Labute approximate surface area is 168 Å². The number of hydrogen-bond donors (Lipinski definition) is 0. The van der Waals surface area contributed by atoms with Crippen LogP contribution in [0.1, 0.15) is 77.0 Å². The zero-order chi connectivity index (χ0) is 19.9. The van der Waals surface area contributed by atoms with Gasteiger partial charge in [-0.1, -0.05) is 37.8 Å². The molecule has 0 saturated carbocycles. The van der Waals surface area contributed by atoms with Crippen LogP contribution in [0, 0.1) is 0 Å². The van der Waals surface area contributed by atoms with Crippen molar-refractivity contribution in [3.8, 4) is 0 Å². The third-order valence-electron chi connectivity index (χ3n) is 4.84. The van der Waals surface area contributed by atoms with Gasteiger partial charge in [0.25, 0.3) is 0 Å². The summed E-state index contributed by atoms with van der Waals surface area (Å²) in [5.41, 5.74) is 0. The van der Waals surface area contributed by atoms with E-state index < -0.39 is 0 Å². The van der Waals surface area contributed by atoms with E-state index in [1.54, 1.807) is 0 Å². The highest BCUT2D eigenvalue weighted by Crippen LogP contribution is 2.12. The first-order valence-electron chi connectivity index (χ1n) is 10.9. The predicted octanol–water partition coefficient (Wildman–Crippen LogP) is 4.11. The van der Waals surface area contributed by atoms with E-state index in [2.05, 4.69) is 12.2 Å². The molecule has 6 heteroatoms. The zero-order valence-corrected chi connectivity index (χ0v) is 17.1. The minimum Gasteiger partial charge on any atom is -0.463 e. The highest BCUT2D eigenvalue weighted by molar-refractivity contribution is 5.69. The Morgan fingerprint density at radius 3 is 1.46 bits per heavy atom. The molecule has 160 valence electrons. The number of carbonyl (C=O) groups is 2. The summed E-state index contributed by atoms with van der Waals surface area (Å²) in [5, 5.41) is 0. The van der Waals surface area contributed by atoms with Gasteiger partial charge < -0.3 is 18.9 Å². The summed E-state index contributed by atoms with van der Waals surface area (Å²) >= 11 is 0. The fraction of sp³-hybridized carbons (Fsp3) is 0.818. The van der Waals surface area contributed by atoms with Gasteiger partial charge in [-0.2, -0.15) is 0 Å². The average molecular weight is 397 g/mol. The molecule has 2 atom stereocenters. The van der Waals surface area contributed by atoms with Gasteiger partial charge in [0.05, 0.1) is 13.2 Å². The van der Waals surface area contributed by atoms with Crippen LogP contribution in [0.5, 0.6) is 0 Å². The van der Waals surface area contributed by atoms with Crippen molar-refractivity contribution in [3.05, 3.63) is 12.2 Å². The van der Waals surface area contributed by atoms with Crippen molar-refractivity contribution < 1.29 is 28.5 Å². The van der Waals surface area contributed by atoms with Gasteiger partial charge >= 0.3 is 11.9 Å². The molecule has 0 aromatic carbocycles. The molecule has 2 saturated heterocycles. The second-order valence-corrected chi connectivity index (χ2v) is 7.65. The number of unbranched alkanes of at least 4 members (excludes halogenated alkanes) is 8. The molecule has 2 aliphatic heterocycles. The summed E-state index contributed by atoms with van der Waals surface area (Å²) in [6.07, 6.45) is 16.8. The molecule has 0 aliphatic carbocycles. The molecule has 0 spiro atoms. The largest absolute Gasteiger partial charge is 0.463 e. The summed E-state index contributed by atoms with van der Waals surface area (Å²) in [6.45, 7) is 2.31. The van der Waals surface area contributed by atoms with Gasteiger partial charge in [0.1, 0.15) is 25.4 Å². The fourth-order valence-electron chi connectivity index (χ4n) is 2.85. The van der Waals surface area contributed by atoms with Crippen molar-refractivity contribution in [1.29, 1.82) is 0 Å². The van der Waals surface area contributed by atoms with Gasteiger partial charge in [-0.15, -0.1) is 0 Å². The molecule has 2 aliphatic rings. The molecule has 0 aromatic heterocycles. The lowest BCUT2D eigenvalue weighted by Gasteiger charge is -2.03. The molecule has 6 nitrogen and oxygen atoms in total. The summed E-state index contributed by atoms with van der Waals surface area (Å²) in [5.74, 6) is -0.194. The number of esters is 2. The van der Waals surface area contributed by atoms with Crippen molar-refractivity contribution in [2.24, 2.45) is 0 Å². The first-order valence-corrected chi connectivity index (χ1v) is 10.9. The quantitative estimate of drug-likeness (QED) is 0.150. The predicted molar refractivity (Wildman–Crippen MR) is 106 cm³/mol. The van der Waals surface area contributed by atoms with Gasteiger partial charge in [0.15, 0.2) is 0 Å². The van der Waals surface area contributed by atoms with E-state index in [-0.39, 0.29) is 24.1 Å². The van der Waals surface area contributed by atoms with Crippen molar-refractivity contribution in [2.75, 3.05) is 26.4 Å². The number of hydrogen-bond acceptors (Lipinski definition) is 6. The molecule has 2 unspecified atom stereocenters. The van der Waals surface area contributed by atoms with Gasteiger partial charge in [0, 0.05) is 12.8 Å². The monoisotopic (exact) mass is 396 g/mol. The Bertz CT molecular complexity index is 426. The fourth-order valence-corrected chi connectivity index (χ4v) is 2.85. The van der Waals surface area contributed by atoms with Crippen LogP contribution in [0.2, 0.25) is 0 Å². The maximum atomic E-state index is 11.4. The normalized spacial score (nSPS) is 20.3. The van der Waals surface area contributed by atoms with Crippen LogP contribution in [0.25, 0.3) is 0 Å². The third-order valence-corrected chi connectivity index (χ3v) is 4.84. The first kappa shape index (κ1) is 22.9. The van der Waals surface area contributed by atoms with Crippen LogP contribution >= 0.6 is 0 Å². The molecular formula is C22H36O6. The average Bonchev–Trinajstić information content (AvgIpc) is 3.59. The number of allylic oxidation sites excluding steroid dienone is 2. The minimum atomic E-state index is -0.0971. The van der Waals surface area contributed by atoms with Gasteiger partial charge in [-0.05, 0) is 38.5 Å². The molecule has 0 N–H and O–H groups in total. The topological polar surface area (TPSA) is 77.7 Å². The summed E-state index contributed by atoms with van der Waals surface area (Å²) in [7, 11) is 0. The van der Waals surface area contributed by atoms with E-state index >= 15 is 0 Å². The third kappa shape index (κ3) is 13.7. The van der Waals surface area contributed by atoms with Gasteiger partial charge in [-0.3, -0.25) is 9.59 Å². The molecule has 2 fully saturated rings. The summed E-state index contributed by atoms with van der Waals surface area (Å²) in [6, 6.07) is 0. The lowest BCUT2D eigenvalue weighted by atomic mass is 10.1. The highest BCUT2D eigenvalue weighted by atomic mass is 16.6. The Balaban J connectivity index is 1.24. The SMILES string of the molecule is O=C(CCCCCC/C=C/CCCCCCC(=O)OCC1CO1)OCC1CO1. The Morgan fingerprint density at radius 2 is 1.07 bits per heavy atom. The standard InChI is InChI=1S/C22H36O6/c23-21(27-17-19-15-25-19)13-11-9-7-5-3-1-2-4-6-8-10-12-14-22(24)28-18-20-16-26-20/h1-2,19-20H,3-18H2/b2-1+. The second-order valence-electron chi connectivity index (χ2n) is 7.65. The lowest BCUT2D eigenvalue weighted by Crippen LogP contribution is -2.09. The van der Waals surface area contributed by atoms with Crippen LogP contribution in [0.3, 0.4) is 0 Å². The maximum absolute atomic E-state index is 11.4. The van der Waals surface area contributed by atoms with E-state index in [0.29, 0.717) is 26.1 Å². The van der Waals surface area contributed by atoms with E-state index in [1.165, 1.54) is 12.8 Å². The van der Waals surface area contributed by atoms with Crippen LogP contribution in [0.15, 0.2) is 12.2 Å². The van der Waals surface area contributed by atoms with Crippen LogP contribution < -0.4 is 0 Å². The molecule has 0 bridgehead atoms. The molecule has 0 radical (unpaired) electrons.